The van der Waals surface area contributed by atoms with Crippen LogP contribution in [0.3, 0.4) is 0 Å². The number of aryl methyl sites for hydroxylation is 1. The second-order valence-electron chi connectivity index (χ2n) is 5.24. The van der Waals surface area contributed by atoms with Crippen molar-refractivity contribution in [1.82, 2.24) is 10.3 Å². The van der Waals surface area contributed by atoms with E-state index in [-0.39, 0.29) is 5.63 Å². The highest BCUT2D eigenvalue weighted by atomic mass is 16.4. The maximum Gasteiger partial charge on any atom is 0.346 e. The van der Waals surface area contributed by atoms with Crippen LogP contribution in [0.15, 0.2) is 33.5 Å². The van der Waals surface area contributed by atoms with Gasteiger partial charge in [0.05, 0.1) is 10.9 Å². The van der Waals surface area contributed by atoms with Crippen LogP contribution in [-0.4, -0.2) is 18.1 Å². The zero-order chi connectivity index (χ0) is 13.9. The van der Waals surface area contributed by atoms with Crippen molar-refractivity contribution in [2.45, 2.75) is 19.8 Å². The summed E-state index contributed by atoms with van der Waals surface area (Å²) in [5.41, 5.74) is 1.46. The molecule has 4 nitrogen and oxygen atoms in total. The molecule has 0 amide bonds. The third-order valence-corrected chi connectivity index (χ3v) is 3.70. The van der Waals surface area contributed by atoms with E-state index in [1.54, 1.807) is 13.0 Å². The molecule has 1 aromatic carbocycles. The van der Waals surface area contributed by atoms with Crippen LogP contribution in [0.25, 0.3) is 17.0 Å². The molecule has 1 aliphatic rings. The van der Waals surface area contributed by atoms with Crippen LogP contribution in [-0.2, 0) is 0 Å². The summed E-state index contributed by atoms with van der Waals surface area (Å²) in [6.07, 6.45) is 6.76. The summed E-state index contributed by atoms with van der Waals surface area (Å²) in [5, 5.41) is 3.90. The van der Waals surface area contributed by atoms with E-state index in [2.05, 4.69) is 22.5 Å². The van der Waals surface area contributed by atoms with Gasteiger partial charge in [0.15, 0.2) is 5.89 Å². The first-order valence-corrected chi connectivity index (χ1v) is 7.03. The Morgan fingerprint density at radius 3 is 2.95 bits per heavy atom. The van der Waals surface area contributed by atoms with Gasteiger partial charge in [0.2, 0.25) is 0 Å². The summed E-state index contributed by atoms with van der Waals surface area (Å²) in [6.45, 7) is 3.88. The van der Waals surface area contributed by atoms with Crippen LogP contribution in [0.1, 0.15) is 24.3 Å². The van der Waals surface area contributed by atoms with Gasteiger partial charge < -0.3 is 9.73 Å². The Kier molecular flexibility index (Phi) is 3.65. The molecule has 0 aliphatic carbocycles. The summed E-state index contributed by atoms with van der Waals surface area (Å²) < 4.78 is 4.99. The summed E-state index contributed by atoms with van der Waals surface area (Å²) >= 11 is 0. The van der Waals surface area contributed by atoms with Crippen LogP contribution in [0, 0.1) is 12.8 Å². The average molecular weight is 270 g/mol. The fourth-order valence-corrected chi connectivity index (χ4v) is 2.58. The van der Waals surface area contributed by atoms with Crippen LogP contribution in [0.5, 0.6) is 0 Å². The molecule has 3 rings (SSSR count). The molecule has 20 heavy (non-hydrogen) atoms. The number of nitrogens with one attached hydrogen (secondary N) is 1. The Morgan fingerprint density at radius 2 is 2.15 bits per heavy atom. The third kappa shape index (κ3) is 2.80. The van der Waals surface area contributed by atoms with Crippen molar-refractivity contribution in [2.75, 3.05) is 13.1 Å². The Bertz CT molecular complexity index is 697. The quantitative estimate of drug-likeness (QED) is 0.911. The molecule has 1 N–H and O–H groups in total. The molecule has 1 aromatic heterocycles. The molecule has 0 unspecified atom stereocenters. The molecule has 0 atom stereocenters. The van der Waals surface area contributed by atoms with Gasteiger partial charge >= 0.3 is 5.63 Å². The Hall–Kier alpha value is -1.94. The number of allylic oxidation sites excluding steroid dienone is 1. The Morgan fingerprint density at radius 1 is 1.35 bits per heavy atom. The zero-order valence-corrected chi connectivity index (χ0v) is 11.6. The number of aromatic nitrogens is 1. The fraction of sp³-hybridized carbons (Fsp3) is 0.375. The van der Waals surface area contributed by atoms with Gasteiger partial charge in [-0.05, 0) is 49.5 Å². The van der Waals surface area contributed by atoms with Gasteiger partial charge in [-0.3, -0.25) is 0 Å². The first-order valence-electron chi connectivity index (χ1n) is 7.03. The van der Waals surface area contributed by atoms with E-state index in [9.17, 15) is 4.79 Å². The van der Waals surface area contributed by atoms with Crippen molar-refractivity contribution >= 4 is 17.0 Å². The van der Waals surface area contributed by atoms with E-state index in [0.717, 1.165) is 18.7 Å². The van der Waals surface area contributed by atoms with Crippen LogP contribution in [0.2, 0.25) is 0 Å². The number of hydrogen-bond donors (Lipinski definition) is 1. The molecule has 4 heteroatoms. The van der Waals surface area contributed by atoms with E-state index in [1.807, 2.05) is 12.1 Å². The number of fused-ring (bicyclic) bond motifs is 1. The summed E-state index contributed by atoms with van der Waals surface area (Å²) in [5.74, 6) is 1.05. The molecule has 104 valence electrons. The van der Waals surface area contributed by atoms with Crippen molar-refractivity contribution in [1.29, 1.82) is 0 Å². The summed E-state index contributed by atoms with van der Waals surface area (Å²) in [6, 6.07) is 5.67. The smallest absolute Gasteiger partial charge is 0.346 e. The number of hydrogen-bond acceptors (Lipinski definition) is 4. The van der Waals surface area contributed by atoms with E-state index in [0.29, 0.717) is 22.7 Å². The third-order valence-electron chi connectivity index (χ3n) is 3.70. The monoisotopic (exact) mass is 270 g/mol. The van der Waals surface area contributed by atoms with Gasteiger partial charge in [-0.25, -0.2) is 9.78 Å². The number of nitrogens with zero attached hydrogens (tertiary/aromatic N) is 1. The lowest BCUT2D eigenvalue weighted by Gasteiger charge is -2.19. The molecule has 0 saturated carbocycles. The maximum atomic E-state index is 11.7. The number of benzene rings is 1. The normalized spacial score (nSPS) is 17.1. The second kappa shape index (κ2) is 5.59. The molecule has 0 bridgehead atoms. The fourth-order valence-electron chi connectivity index (χ4n) is 2.58. The minimum Gasteiger partial charge on any atom is -0.408 e. The molecule has 2 aromatic rings. The van der Waals surface area contributed by atoms with Crippen molar-refractivity contribution in [3.8, 4) is 0 Å². The molecular weight excluding hydrogens is 252 g/mol. The van der Waals surface area contributed by atoms with Gasteiger partial charge in [-0.1, -0.05) is 18.2 Å². The highest BCUT2D eigenvalue weighted by Gasteiger charge is 2.09. The lowest BCUT2D eigenvalue weighted by atomic mass is 9.97. The van der Waals surface area contributed by atoms with E-state index in [4.69, 9.17) is 4.42 Å². The maximum absolute atomic E-state index is 11.7. The highest BCUT2D eigenvalue weighted by Crippen LogP contribution is 2.17. The average Bonchev–Trinajstić information content (AvgIpc) is 2.45. The van der Waals surface area contributed by atoms with Gasteiger partial charge in [0.1, 0.15) is 0 Å². The first-order chi connectivity index (χ1) is 9.72. The first kappa shape index (κ1) is 13.1. The van der Waals surface area contributed by atoms with Gasteiger partial charge in [0.25, 0.3) is 0 Å². The Labute approximate surface area is 117 Å². The number of rotatable bonds is 2. The molecule has 1 saturated heterocycles. The minimum atomic E-state index is -0.318. The molecule has 2 heterocycles. The molecule has 1 aliphatic heterocycles. The standard InChI is InChI=1S/C16H18N2O2/c1-11-18-15-10-13(4-5-14(15)16(19)20-11)3-2-12-6-8-17-9-7-12/h2-5,10,12,17H,6-9H2,1H3/b3-2+. The zero-order valence-electron chi connectivity index (χ0n) is 11.6. The SMILES string of the molecule is Cc1nc2cc(/C=C/C3CCNCC3)ccc2c(=O)o1. The topological polar surface area (TPSA) is 55.1 Å². The van der Waals surface area contributed by atoms with Crippen molar-refractivity contribution in [3.63, 3.8) is 0 Å². The Balaban J connectivity index is 1.88. The van der Waals surface area contributed by atoms with Crippen LogP contribution in [0.4, 0.5) is 0 Å². The summed E-state index contributed by atoms with van der Waals surface area (Å²) in [7, 11) is 0. The summed E-state index contributed by atoms with van der Waals surface area (Å²) in [4.78, 5) is 16.0. The largest absolute Gasteiger partial charge is 0.408 e. The number of piperidine rings is 1. The van der Waals surface area contributed by atoms with Gasteiger partial charge in [0, 0.05) is 6.92 Å². The lowest BCUT2D eigenvalue weighted by Crippen LogP contribution is -2.26. The second-order valence-corrected chi connectivity index (χ2v) is 5.24. The van der Waals surface area contributed by atoms with E-state index in [1.165, 1.54) is 12.8 Å². The molecule has 0 spiro atoms. The molecule has 0 radical (unpaired) electrons. The van der Waals surface area contributed by atoms with E-state index < -0.39 is 0 Å². The van der Waals surface area contributed by atoms with Crippen molar-refractivity contribution in [3.05, 3.63) is 46.1 Å². The van der Waals surface area contributed by atoms with Crippen molar-refractivity contribution in [2.24, 2.45) is 5.92 Å². The van der Waals surface area contributed by atoms with Gasteiger partial charge in [-0.15, -0.1) is 0 Å². The van der Waals surface area contributed by atoms with E-state index >= 15 is 0 Å². The molecular formula is C16H18N2O2. The predicted octanol–water partition coefficient (Wildman–Crippen LogP) is 2.51. The highest BCUT2D eigenvalue weighted by molar-refractivity contribution is 5.79. The molecule has 1 fully saturated rings. The minimum absolute atomic E-state index is 0.318. The van der Waals surface area contributed by atoms with Gasteiger partial charge in [-0.2, -0.15) is 0 Å². The van der Waals surface area contributed by atoms with Crippen molar-refractivity contribution < 1.29 is 4.42 Å². The predicted molar refractivity (Wildman–Crippen MR) is 79.6 cm³/mol. The van der Waals surface area contributed by atoms with Crippen LogP contribution >= 0.6 is 0 Å². The lowest BCUT2D eigenvalue weighted by molar-refractivity contribution is 0.438. The van der Waals surface area contributed by atoms with Crippen LogP contribution < -0.4 is 10.9 Å².